The molecule has 0 aromatic carbocycles. The molecule has 2 heterocycles. The number of nitrogens with zero attached hydrogens (tertiary/aromatic N) is 1. The number of carbonyl (C=O) groups excluding carboxylic acids is 2. The van der Waals surface area contributed by atoms with Crippen LogP contribution in [0.4, 0.5) is 0 Å². The Hall–Kier alpha value is -1.48. The summed E-state index contributed by atoms with van der Waals surface area (Å²) in [6.45, 7) is 1.71. The molecule has 0 aliphatic carbocycles. The standard InChI is InChI=1S/C14H21NO7/c1-9(17)3-4-11(18)22-13-10(7-16)21-14(12(13)19)15-5-2-6-20-8-15/h2,5,10,12-14,16,19H,3-4,6-8H2,1H3/t10-,12+,13?,14-/m1/s1. The van der Waals surface area contributed by atoms with Gasteiger partial charge < -0.3 is 34.1 Å². The van der Waals surface area contributed by atoms with Crippen molar-refractivity contribution in [3.05, 3.63) is 12.3 Å². The lowest BCUT2D eigenvalue weighted by atomic mass is 10.1. The number of carbonyl (C=O) groups is 2. The molecule has 1 fully saturated rings. The van der Waals surface area contributed by atoms with Crippen LogP contribution in [0.1, 0.15) is 19.8 Å². The third-order valence-corrected chi connectivity index (χ3v) is 3.52. The third kappa shape index (κ3) is 4.04. The molecular weight excluding hydrogens is 294 g/mol. The van der Waals surface area contributed by atoms with E-state index >= 15 is 0 Å². The van der Waals surface area contributed by atoms with Gasteiger partial charge in [-0.25, -0.2) is 0 Å². The Kier molecular flexibility index (Phi) is 5.90. The molecule has 0 radical (unpaired) electrons. The van der Waals surface area contributed by atoms with Crippen molar-refractivity contribution in [2.45, 2.75) is 44.3 Å². The summed E-state index contributed by atoms with van der Waals surface area (Å²) in [5.74, 6) is -0.722. The van der Waals surface area contributed by atoms with Crippen LogP contribution >= 0.6 is 0 Å². The molecule has 0 aromatic heterocycles. The third-order valence-electron chi connectivity index (χ3n) is 3.52. The van der Waals surface area contributed by atoms with Gasteiger partial charge in [-0.15, -0.1) is 0 Å². The van der Waals surface area contributed by atoms with Crippen molar-refractivity contribution in [2.75, 3.05) is 19.9 Å². The Morgan fingerprint density at radius 2 is 2.18 bits per heavy atom. The quantitative estimate of drug-likeness (QED) is 0.611. The lowest BCUT2D eigenvalue weighted by Crippen LogP contribution is -2.44. The van der Waals surface area contributed by atoms with Gasteiger partial charge in [0.25, 0.3) is 0 Å². The van der Waals surface area contributed by atoms with Crippen molar-refractivity contribution in [1.82, 2.24) is 4.90 Å². The van der Waals surface area contributed by atoms with Crippen LogP contribution in [0.15, 0.2) is 12.3 Å². The summed E-state index contributed by atoms with van der Waals surface area (Å²) in [5.41, 5.74) is 0. The molecule has 4 atom stereocenters. The van der Waals surface area contributed by atoms with Crippen LogP contribution in [0.5, 0.6) is 0 Å². The zero-order chi connectivity index (χ0) is 16.1. The van der Waals surface area contributed by atoms with Crippen molar-refractivity contribution in [2.24, 2.45) is 0 Å². The van der Waals surface area contributed by atoms with Gasteiger partial charge in [0.15, 0.2) is 12.3 Å². The van der Waals surface area contributed by atoms with Gasteiger partial charge >= 0.3 is 5.97 Å². The highest BCUT2D eigenvalue weighted by Crippen LogP contribution is 2.27. The average molecular weight is 315 g/mol. The Balaban J connectivity index is 1.97. The van der Waals surface area contributed by atoms with E-state index in [2.05, 4.69) is 0 Å². The molecule has 1 saturated heterocycles. The number of esters is 1. The molecule has 0 aromatic rings. The summed E-state index contributed by atoms with van der Waals surface area (Å²) < 4.78 is 16.0. The molecule has 0 spiro atoms. The average Bonchev–Trinajstić information content (AvgIpc) is 2.83. The van der Waals surface area contributed by atoms with Gasteiger partial charge in [0, 0.05) is 12.6 Å². The normalized spacial score (nSPS) is 31.3. The van der Waals surface area contributed by atoms with Crippen molar-refractivity contribution in [3.8, 4) is 0 Å². The second-order valence-electron chi connectivity index (χ2n) is 5.29. The topological polar surface area (TPSA) is 106 Å². The van der Waals surface area contributed by atoms with E-state index in [9.17, 15) is 19.8 Å². The predicted octanol–water partition coefficient (Wildman–Crippen LogP) is -0.851. The van der Waals surface area contributed by atoms with Crippen LogP contribution in [-0.4, -0.2) is 71.3 Å². The van der Waals surface area contributed by atoms with Crippen LogP contribution in [0, 0.1) is 0 Å². The second-order valence-corrected chi connectivity index (χ2v) is 5.29. The molecule has 2 aliphatic heterocycles. The summed E-state index contributed by atoms with van der Waals surface area (Å²) in [6, 6.07) is 0. The smallest absolute Gasteiger partial charge is 0.306 e. The Bertz CT molecular complexity index is 439. The Morgan fingerprint density at radius 1 is 1.41 bits per heavy atom. The molecule has 0 bridgehead atoms. The summed E-state index contributed by atoms with van der Waals surface area (Å²) >= 11 is 0. The SMILES string of the molecule is CC(=O)CCC(=O)OC1[C@@H](CO)O[C@@H](N2C=CCOC2)[C@H]1O. The molecule has 0 amide bonds. The molecule has 2 rings (SSSR count). The largest absolute Gasteiger partial charge is 0.457 e. The van der Waals surface area contributed by atoms with E-state index in [0.29, 0.717) is 6.61 Å². The number of hydrogen-bond donors (Lipinski definition) is 2. The Morgan fingerprint density at radius 3 is 2.77 bits per heavy atom. The number of aliphatic hydroxyl groups excluding tert-OH is 2. The minimum absolute atomic E-state index is 0.0614. The Labute approximate surface area is 128 Å². The highest BCUT2D eigenvalue weighted by Gasteiger charge is 2.48. The minimum Gasteiger partial charge on any atom is -0.457 e. The van der Waals surface area contributed by atoms with Gasteiger partial charge in [0.1, 0.15) is 24.7 Å². The lowest BCUT2D eigenvalue weighted by molar-refractivity contribution is -0.157. The molecule has 2 aliphatic rings. The van der Waals surface area contributed by atoms with E-state index in [0.717, 1.165) is 0 Å². The van der Waals surface area contributed by atoms with Gasteiger partial charge in [-0.05, 0) is 13.0 Å². The van der Waals surface area contributed by atoms with Gasteiger partial charge in [-0.2, -0.15) is 0 Å². The van der Waals surface area contributed by atoms with Crippen LogP contribution in [-0.2, 0) is 23.8 Å². The summed E-state index contributed by atoms with van der Waals surface area (Å²) in [7, 11) is 0. The number of hydrogen-bond acceptors (Lipinski definition) is 8. The van der Waals surface area contributed by atoms with Crippen LogP contribution in [0.3, 0.4) is 0 Å². The maximum Gasteiger partial charge on any atom is 0.306 e. The van der Waals surface area contributed by atoms with Crippen LogP contribution in [0.25, 0.3) is 0 Å². The van der Waals surface area contributed by atoms with E-state index in [1.54, 1.807) is 17.2 Å². The first-order valence-corrected chi connectivity index (χ1v) is 7.16. The maximum absolute atomic E-state index is 11.7. The molecule has 8 heteroatoms. The van der Waals surface area contributed by atoms with Crippen molar-refractivity contribution in [1.29, 1.82) is 0 Å². The van der Waals surface area contributed by atoms with Gasteiger partial charge in [-0.1, -0.05) is 0 Å². The molecular formula is C14H21NO7. The highest BCUT2D eigenvalue weighted by atomic mass is 16.6. The van der Waals surface area contributed by atoms with Crippen molar-refractivity contribution in [3.63, 3.8) is 0 Å². The zero-order valence-corrected chi connectivity index (χ0v) is 12.4. The summed E-state index contributed by atoms with van der Waals surface area (Å²) in [6.07, 6.45) is -0.177. The molecule has 1 unspecified atom stereocenters. The van der Waals surface area contributed by atoms with Gasteiger partial charge in [0.05, 0.1) is 19.6 Å². The van der Waals surface area contributed by atoms with Crippen molar-refractivity contribution < 1.29 is 34.0 Å². The number of ether oxygens (including phenoxy) is 3. The van der Waals surface area contributed by atoms with E-state index in [1.807, 2.05) is 0 Å². The molecule has 0 saturated carbocycles. The highest BCUT2D eigenvalue weighted by molar-refractivity contribution is 5.81. The van der Waals surface area contributed by atoms with E-state index < -0.39 is 37.1 Å². The van der Waals surface area contributed by atoms with Crippen molar-refractivity contribution >= 4 is 11.8 Å². The van der Waals surface area contributed by atoms with E-state index in [4.69, 9.17) is 14.2 Å². The maximum atomic E-state index is 11.7. The fourth-order valence-electron chi connectivity index (χ4n) is 2.38. The molecule has 8 nitrogen and oxygen atoms in total. The van der Waals surface area contributed by atoms with Gasteiger partial charge in [-0.3, -0.25) is 4.79 Å². The van der Waals surface area contributed by atoms with Crippen LogP contribution in [0.2, 0.25) is 0 Å². The fraction of sp³-hybridized carbons (Fsp3) is 0.714. The first-order chi connectivity index (χ1) is 10.5. The molecule has 124 valence electrons. The number of Topliss-reactive ketones (excluding diaryl/α,β-unsaturated/α-hetero) is 1. The first kappa shape index (κ1) is 16.9. The van der Waals surface area contributed by atoms with E-state index in [-0.39, 0.29) is 25.4 Å². The molecule has 22 heavy (non-hydrogen) atoms. The predicted molar refractivity (Wildman–Crippen MR) is 73.3 cm³/mol. The summed E-state index contributed by atoms with van der Waals surface area (Å²) in [5, 5.41) is 19.7. The monoisotopic (exact) mass is 315 g/mol. The molecule has 2 N–H and O–H groups in total. The number of ketones is 1. The minimum atomic E-state index is -1.12. The number of aliphatic hydroxyl groups is 2. The van der Waals surface area contributed by atoms with Crippen LogP contribution < -0.4 is 0 Å². The first-order valence-electron chi connectivity index (χ1n) is 7.16. The number of rotatable bonds is 6. The second kappa shape index (κ2) is 7.68. The summed E-state index contributed by atoms with van der Waals surface area (Å²) in [4.78, 5) is 24.2. The fourth-order valence-corrected chi connectivity index (χ4v) is 2.38. The lowest BCUT2D eigenvalue weighted by Gasteiger charge is -2.30. The van der Waals surface area contributed by atoms with E-state index in [1.165, 1.54) is 6.92 Å². The van der Waals surface area contributed by atoms with Gasteiger partial charge in [0.2, 0.25) is 0 Å². The zero-order valence-electron chi connectivity index (χ0n) is 12.4.